The van der Waals surface area contributed by atoms with Gasteiger partial charge in [0.25, 0.3) is 11.7 Å². The molecule has 7 heteroatoms. The lowest BCUT2D eigenvalue weighted by atomic mass is 9.94. The van der Waals surface area contributed by atoms with Gasteiger partial charge in [-0.3, -0.25) is 9.59 Å². The first-order valence-corrected chi connectivity index (χ1v) is 11.0. The highest BCUT2D eigenvalue weighted by Gasteiger charge is 2.46. The molecule has 2 N–H and O–H groups in total. The highest BCUT2D eigenvalue weighted by atomic mass is 16.5. The standard InChI is InChI=1S/C26H28N2O5/c1-4-12-33-21-10-9-17(14-16(21)2)24(29)22-23(28(11-13-32-3)26(31)25(22)30)19-15-27-20-8-6-5-7-18(19)20/h5-10,14-15,23,27,29H,4,11-13H2,1-3H3/b24-22+. The molecule has 0 radical (unpaired) electrons. The molecule has 1 atom stereocenters. The molecular weight excluding hydrogens is 420 g/mol. The molecule has 1 unspecified atom stereocenters. The Kier molecular flexibility index (Phi) is 6.51. The number of aromatic amines is 1. The van der Waals surface area contributed by atoms with E-state index in [0.717, 1.165) is 34.2 Å². The van der Waals surface area contributed by atoms with Gasteiger partial charge in [-0.2, -0.15) is 0 Å². The van der Waals surface area contributed by atoms with Gasteiger partial charge >= 0.3 is 0 Å². The van der Waals surface area contributed by atoms with E-state index in [9.17, 15) is 14.7 Å². The van der Waals surface area contributed by atoms with E-state index >= 15 is 0 Å². The van der Waals surface area contributed by atoms with Gasteiger partial charge in [-0.1, -0.05) is 25.1 Å². The number of aromatic nitrogens is 1. The van der Waals surface area contributed by atoms with Crippen LogP contribution in [0, 0.1) is 6.92 Å². The Morgan fingerprint density at radius 3 is 2.67 bits per heavy atom. The maximum absolute atomic E-state index is 13.1. The van der Waals surface area contributed by atoms with Crippen LogP contribution in [-0.4, -0.2) is 53.5 Å². The van der Waals surface area contributed by atoms with E-state index in [1.54, 1.807) is 31.5 Å². The third-order valence-corrected chi connectivity index (χ3v) is 5.90. The molecule has 2 heterocycles. The number of Topliss-reactive ketones (excluding diaryl/α,β-unsaturated/α-hetero) is 1. The van der Waals surface area contributed by atoms with Gasteiger partial charge in [0.05, 0.1) is 24.8 Å². The van der Waals surface area contributed by atoms with Gasteiger partial charge in [0.15, 0.2) is 0 Å². The minimum Gasteiger partial charge on any atom is -0.507 e. The van der Waals surface area contributed by atoms with Crippen LogP contribution in [0.3, 0.4) is 0 Å². The van der Waals surface area contributed by atoms with Gasteiger partial charge in [0, 0.05) is 41.9 Å². The van der Waals surface area contributed by atoms with Crippen LogP contribution in [0.5, 0.6) is 5.75 Å². The van der Waals surface area contributed by atoms with Gasteiger partial charge in [-0.25, -0.2) is 0 Å². The quantitative estimate of drug-likeness (QED) is 0.304. The first-order valence-electron chi connectivity index (χ1n) is 11.0. The number of aryl methyl sites for hydroxylation is 1. The molecule has 1 saturated heterocycles. The highest BCUT2D eigenvalue weighted by Crippen LogP contribution is 2.42. The number of nitrogens with zero attached hydrogens (tertiary/aromatic N) is 1. The number of benzene rings is 2. The number of fused-ring (bicyclic) bond motifs is 1. The highest BCUT2D eigenvalue weighted by molar-refractivity contribution is 6.46. The predicted molar refractivity (Wildman–Crippen MR) is 126 cm³/mol. The number of amides is 1. The van der Waals surface area contributed by atoms with E-state index < -0.39 is 17.7 Å². The second kappa shape index (κ2) is 9.50. The summed E-state index contributed by atoms with van der Waals surface area (Å²) in [4.78, 5) is 30.8. The van der Waals surface area contributed by atoms with Crippen LogP contribution in [0.25, 0.3) is 16.7 Å². The second-order valence-corrected chi connectivity index (χ2v) is 8.10. The molecule has 1 amide bonds. The zero-order valence-corrected chi connectivity index (χ0v) is 19.1. The zero-order valence-electron chi connectivity index (χ0n) is 19.1. The number of H-pyrrole nitrogens is 1. The average molecular weight is 449 g/mol. The zero-order chi connectivity index (χ0) is 23.5. The third kappa shape index (κ3) is 4.12. The van der Waals surface area contributed by atoms with E-state index in [4.69, 9.17) is 9.47 Å². The van der Waals surface area contributed by atoms with Crippen molar-refractivity contribution >= 4 is 28.4 Å². The van der Waals surface area contributed by atoms with Crippen LogP contribution in [0.1, 0.15) is 36.1 Å². The Bertz CT molecular complexity index is 1230. The molecular formula is C26H28N2O5. The number of likely N-dealkylation sites (tertiary alicyclic amines) is 1. The number of carbonyl (C=O) groups excluding carboxylic acids is 2. The van der Waals surface area contributed by atoms with Crippen molar-refractivity contribution in [1.29, 1.82) is 0 Å². The van der Waals surface area contributed by atoms with Gasteiger partial charge in [0.2, 0.25) is 0 Å². The van der Waals surface area contributed by atoms with Crippen molar-refractivity contribution in [3.05, 3.63) is 70.9 Å². The number of nitrogens with one attached hydrogen (secondary N) is 1. The van der Waals surface area contributed by atoms with Crippen LogP contribution in [-0.2, 0) is 14.3 Å². The largest absolute Gasteiger partial charge is 0.507 e. The summed E-state index contributed by atoms with van der Waals surface area (Å²) < 4.78 is 10.9. The minimum absolute atomic E-state index is 0.0717. The molecule has 1 aliphatic rings. The number of ether oxygens (including phenoxy) is 2. The third-order valence-electron chi connectivity index (χ3n) is 5.90. The Morgan fingerprint density at radius 2 is 1.94 bits per heavy atom. The number of aliphatic hydroxyl groups is 1. The van der Waals surface area contributed by atoms with Crippen molar-refractivity contribution in [3.63, 3.8) is 0 Å². The fraction of sp³-hybridized carbons (Fsp3) is 0.308. The van der Waals surface area contributed by atoms with Crippen molar-refractivity contribution in [2.45, 2.75) is 26.3 Å². The van der Waals surface area contributed by atoms with Crippen LogP contribution < -0.4 is 4.74 Å². The van der Waals surface area contributed by atoms with E-state index in [2.05, 4.69) is 4.98 Å². The summed E-state index contributed by atoms with van der Waals surface area (Å²) >= 11 is 0. The van der Waals surface area contributed by atoms with Gasteiger partial charge in [-0.05, 0) is 43.2 Å². The van der Waals surface area contributed by atoms with Crippen LogP contribution in [0.4, 0.5) is 0 Å². The summed E-state index contributed by atoms with van der Waals surface area (Å²) in [6.07, 6.45) is 2.68. The van der Waals surface area contributed by atoms with Crippen molar-refractivity contribution in [2.24, 2.45) is 0 Å². The maximum atomic E-state index is 13.1. The van der Waals surface area contributed by atoms with E-state index in [1.165, 1.54) is 4.90 Å². The second-order valence-electron chi connectivity index (χ2n) is 8.10. The number of hydrogen-bond donors (Lipinski definition) is 2. The lowest BCUT2D eigenvalue weighted by Gasteiger charge is -2.24. The van der Waals surface area contributed by atoms with Crippen molar-refractivity contribution in [2.75, 3.05) is 26.9 Å². The topological polar surface area (TPSA) is 91.9 Å². The molecule has 33 heavy (non-hydrogen) atoms. The first-order chi connectivity index (χ1) is 16.0. The van der Waals surface area contributed by atoms with Crippen LogP contribution >= 0.6 is 0 Å². The molecule has 1 aliphatic heterocycles. The number of para-hydroxylation sites is 1. The summed E-state index contributed by atoms with van der Waals surface area (Å²) in [5.74, 6) is -0.831. The van der Waals surface area contributed by atoms with Gasteiger partial charge < -0.3 is 24.5 Å². The molecule has 1 fully saturated rings. The van der Waals surface area contributed by atoms with Crippen LogP contribution in [0.2, 0.25) is 0 Å². The Labute approximate surface area is 192 Å². The summed E-state index contributed by atoms with van der Waals surface area (Å²) in [6.45, 7) is 5.01. The fourth-order valence-electron chi connectivity index (χ4n) is 4.27. The Balaban J connectivity index is 1.85. The molecule has 3 aromatic rings. The monoisotopic (exact) mass is 448 g/mol. The number of hydrogen-bond acceptors (Lipinski definition) is 5. The summed E-state index contributed by atoms with van der Waals surface area (Å²) in [5.41, 5.74) is 3.01. The van der Waals surface area contributed by atoms with Crippen molar-refractivity contribution in [3.8, 4) is 5.75 Å². The first kappa shape index (κ1) is 22.6. The Morgan fingerprint density at radius 1 is 1.15 bits per heavy atom. The molecule has 1 aromatic heterocycles. The lowest BCUT2D eigenvalue weighted by Crippen LogP contribution is -2.32. The van der Waals surface area contributed by atoms with Crippen molar-refractivity contribution < 1.29 is 24.2 Å². The summed E-state index contributed by atoms with van der Waals surface area (Å²) in [5, 5.41) is 12.2. The fourth-order valence-corrected chi connectivity index (χ4v) is 4.27. The smallest absolute Gasteiger partial charge is 0.295 e. The molecule has 4 rings (SSSR count). The molecule has 0 aliphatic carbocycles. The van der Waals surface area contributed by atoms with Crippen LogP contribution in [0.15, 0.2) is 54.2 Å². The predicted octanol–water partition coefficient (Wildman–Crippen LogP) is 4.33. The molecule has 0 bridgehead atoms. The molecule has 2 aromatic carbocycles. The van der Waals surface area contributed by atoms with Gasteiger partial charge in [-0.15, -0.1) is 0 Å². The Hall–Kier alpha value is -3.58. The van der Waals surface area contributed by atoms with E-state index in [-0.39, 0.29) is 24.5 Å². The normalized spacial score (nSPS) is 17.8. The lowest BCUT2D eigenvalue weighted by molar-refractivity contribution is -0.140. The number of carbonyl (C=O) groups is 2. The number of ketones is 1. The molecule has 7 nitrogen and oxygen atoms in total. The molecule has 0 spiro atoms. The maximum Gasteiger partial charge on any atom is 0.295 e. The van der Waals surface area contributed by atoms with Crippen molar-refractivity contribution in [1.82, 2.24) is 9.88 Å². The number of methoxy groups -OCH3 is 1. The summed E-state index contributed by atoms with van der Waals surface area (Å²) in [7, 11) is 1.54. The number of aliphatic hydroxyl groups excluding tert-OH is 1. The minimum atomic E-state index is -0.729. The average Bonchev–Trinajstić information content (AvgIpc) is 3.35. The summed E-state index contributed by atoms with van der Waals surface area (Å²) in [6, 6.07) is 12.2. The number of rotatable bonds is 8. The molecule has 0 saturated carbocycles. The molecule has 172 valence electrons. The SMILES string of the molecule is CCCOc1ccc(/C(O)=C2\C(=O)C(=O)N(CCOC)C2c2c[nH]c3ccccc23)cc1C. The van der Waals surface area contributed by atoms with Gasteiger partial charge in [0.1, 0.15) is 11.5 Å². The van der Waals surface area contributed by atoms with E-state index in [1.807, 2.05) is 38.1 Å². The van der Waals surface area contributed by atoms with E-state index in [0.29, 0.717) is 12.2 Å².